The fourth-order valence-electron chi connectivity index (χ4n) is 3.38. The molecule has 0 N–H and O–H groups in total. The molecule has 110 valence electrons. The van der Waals surface area contributed by atoms with Crippen LogP contribution in [0.3, 0.4) is 0 Å². The summed E-state index contributed by atoms with van der Waals surface area (Å²) in [7, 11) is 3.61. The monoisotopic (exact) mass is 278 g/mol. The van der Waals surface area contributed by atoms with Crippen LogP contribution in [0.25, 0.3) is 0 Å². The van der Waals surface area contributed by atoms with Crippen LogP contribution in [-0.4, -0.2) is 65.4 Å². The summed E-state index contributed by atoms with van der Waals surface area (Å²) in [6.45, 7) is 5.02. The highest BCUT2D eigenvalue weighted by Crippen LogP contribution is 2.32. The molecule has 2 aliphatic rings. The molecule has 0 bridgehead atoms. The maximum Gasteiger partial charge on any atom is 0.227 e. The summed E-state index contributed by atoms with van der Waals surface area (Å²) in [6.07, 6.45) is 3.95. The smallest absolute Gasteiger partial charge is 0.227 e. The van der Waals surface area contributed by atoms with E-state index in [1.807, 2.05) is 29.0 Å². The van der Waals surface area contributed by atoms with Gasteiger partial charge in [-0.1, -0.05) is 0 Å². The van der Waals surface area contributed by atoms with Crippen molar-refractivity contribution in [1.29, 1.82) is 0 Å². The number of fused-ring (bicyclic) bond motifs is 1. The molecule has 1 aromatic heterocycles. The lowest BCUT2D eigenvalue weighted by Gasteiger charge is -2.21. The van der Waals surface area contributed by atoms with Gasteiger partial charge >= 0.3 is 0 Å². The average molecular weight is 278 g/mol. The summed E-state index contributed by atoms with van der Waals surface area (Å²) < 4.78 is 6.89. The number of methoxy groups -OCH3 is 1. The summed E-state index contributed by atoms with van der Waals surface area (Å²) in [5.41, 5.74) is 1.22. The highest BCUT2D eigenvalue weighted by molar-refractivity contribution is 5.82. The van der Waals surface area contributed by atoms with Crippen molar-refractivity contribution in [2.45, 2.75) is 6.54 Å². The number of hydrogen-bond donors (Lipinski definition) is 0. The number of aromatic nitrogens is 2. The Morgan fingerprint density at radius 1 is 1.40 bits per heavy atom. The van der Waals surface area contributed by atoms with Gasteiger partial charge in [-0.2, -0.15) is 5.10 Å². The molecule has 6 heteroatoms. The van der Waals surface area contributed by atoms with Gasteiger partial charge in [0.15, 0.2) is 0 Å². The van der Waals surface area contributed by atoms with Gasteiger partial charge in [0.25, 0.3) is 0 Å². The van der Waals surface area contributed by atoms with Gasteiger partial charge in [0.05, 0.1) is 18.7 Å². The Morgan fingerprint density at radius 3 is 2.90 bits per heavy atom. The van der Waals surface area contributed by atoms with Crippen molar-refractivity contribution in [2.24, 2.45) is 18.9 Å². The molecule has 6 nitrogen and oxygen atoms in total. The van der Waals surface area contributed by atoms with Crippen LogP contribution in [0.2, 0.25) is 0 Å². The number of rotatable bonds is 5. The molecule has 2 fully saturated rings. The van der Waals surface area contributed by atoms with Crippen molar-refractivity contribution in [3.05, 3.63) is 18.0 Å². The predicted molar refractivity (Wildman–Crippen MR) is 73.9 cm³/mol. The largest absolute Gasteiger partial charge is 0.383 e. The molecule has 0 unspecified atom stereocenters. The lowest BCUT2D eigenvalue weighted by molar-refractivity contribution is -0.131. The Morgan fingerprint density at radius 2 is 2.25 bits per heavy atom. The molecule has 0 spiro atoms. The fraction of sp³-hybridized carbons (Fsp3) is 0.714. The Balaban J connectivity index is 1.55. The highest BCUT2D eigenvalue weighted by Gasteiger charge is 2.45. The number of amides is 1. The molecular formula is C14H22N4O2. The second-order valence-corrected chi connectivity index (χ2v) is 5.86. The first kappa shape index (κ1) is 13.6. The first-order chi connectivity index (χ1) is 9.67. The summed E-state index contributed by atoms with van der Waals surface area (Å²) >= 11 is 0. The SMILES string of the molecule is COCCN1C[C@H]2CN(Cc3cnn(C)c3)C[C@H]2C1=O. The molecule has 3 heterocycles. The van der Waals surface area contributed by atoms with E-state index in [2.05, 4.69) is 10.00 Å². The molecule has 0 aromatic carbocycles. The number of carbonyl (C=O) groups excluding carboxylic acids is 1. The zero-order chi connectivity index (χ0) is 14.1. The van der Waals surface area contributed by atoms with Gasteiger partial charge in [0, 0.05) is 64.6 Å². The Hall–Kier alpha value is -1.40. The summed E-state index contributed by atoms with van der Waals surface area (Å²) in [5.74, 6) is 0.972. The van der Waals surface area contributed by atoms with Crippen molar-refractivity contribution in [3.8, 4) is 0 Å². The molecule has 1 amide bonds. The second kappa shape index (κ2) is 5.54. The molecule has 1 aromatic rings. The first-order valence-corrected chi connectivity index (χ1v) is 7.15. The minimum Gasteiger partial charge on any atom is -0.383 e. The molecular weight excluding hydrogens is 256 g/mol. The normalized spacial score (nSPS) is 26.5. The van der Waals surface area contributed by atoms with Gasteiger partial charge in [-0.3, -0.25) is 14.4 Å². The molecule has 2 aliphatic heterocycles. The third-order valence-corrected chi connectivity index (χ3v) is 4.33. The van der Waals surface area contributed by atoms with E-state index in [1.54, 1.807) is 7.11 Å². The van der Waals surface area contributed by atoms with Crippen LogP contribution in [0.1, 0.15) is 5.56 Å². The molecule has 2 atom stereocenters. The molecule has 2 saturated heterocycles. The van der Waals surface area contributed by atoms with E-state index in [0.717, 1.165) is 32.7 Å². The van der Waals surface area contributed by atoms with Gasteiger partial charge in [-0.15, -0.1) is 0 Å². The number of likely N-dealkylation sites (tertiary alicyclic amines) is 2. The number of aryl methyl sites for hydroxylation is 1. The lowest BCUT2D eigenvalue weighted by atomic mass is 10.0. The average Bonchev–Trinajstić information content (AvgIpc) is 3.06. The van der Waals surface area contributed by atoms with Gasteiger partial charge in [-0.25, -0.2) is 0 Å². The number of carbonyl (C=O) groups is 1. The van der Waals surface area contributed by atoms with Gasteiger partial charge in [0.1, 0.15) is 0 Å². The number of nitrogens with zero attached hydrogens (tertiary/aromatic N) is 4. The molecule has 0 saturated carbocycles. The zero-order valence-corrected chi connectivity index (χ0v) is 12.2. The van der Waals surface area contributed by atoms with Crippen molar-refractivity contribution < 1.29 is 9.53 Å². The molecule has 3 rings (SSSR count). The number of ether oxygens (including phenoxy) is 1. The van der Waals surface area contributed by atoms with Crippen LogP contribution < -0.4 is 0 Å². The van der Waals surface area contributed by atoms with Crippen LogP contribution in [0.5, 0.6) is 0 Å². The third kappa shape index (κ3) is 2.58. The summed E-state index contributed by atoms with van der Waals surface area (Å²) in [4.78, 5) is 16.7. The van der Waals surface area contributed by atoms with E-state index >= 15 is 0 Å². The van der Waals surface area contributed by atoms with Crippen LogP contribution in [-0.2, 0) is 23.1 Å². The van der Waals surface area contributed by atoms with E-state index in [4.69, 9.17) is 4.74 Å². The van der Waals surface area contributed by atoms with Crippen molar-refractivity contribution >= 4 is 5.91 Å². The van der Waals surface area contributed by atoms with E-state index < -0.39 is 0 Å². The van der Waals surface area contributed by atoms with Crippen LogP contribution >= 0.6 is 0 Å². The van der Waals surface area contributed by atoms with E-state index in [1.165, 1.54) is 5.56 Å². The van der Waals surface area contributed by atoms with E-state index in [-0.39, 0.29) is 5.92 Å². The van der Waals surface area contributed by atoms with Crippen molar-refractivity contribution in [1.82, 2.24) is 19.6 Å². The lowest BCUT2D eigenvalue weighted by Crippen LogP contribution is -2.34. The van der Waals surface area contributed by atoms with Gasteiger partial charge in [-0.05, 0) is 0 Å². The maximum absolute atomic E-state index is 12.3. The second-order valence-electron chi connectivity index (χ2n) is 5.86. The van der Waals surface area contributed by atoms with E-state index in [0.29, 0.717) is 18.4 Å². The Bertz CT molecular complexity index is 487. The maximum atomic E-state index is 12.3. The van der Waals surface area contributed by atoms with Crippen LogP contribution in [0.15, 0.2) is 12.4 Å². The fourth-order valence-corrected chi connectivity index (χ4v) is 3.38. The summed E-state index contributed by atoms with van der Waals surface area (Å²) in [6, 6.07) is 0. The summed E-state index contributed by atoms with van der Waals surface area (Å²) in [5, 5.41) is 4.19. The Labute approximate surface area is 119 Å². The van der Waals surface area contributed by atoms with Crippen molar-refractivity contribution in [3.63, 3.8) is 0 Å². The predicted octanol–water partition coefficient (Wildman–Crippen LogP) is -0.0433. The standard InChI is InChI=1S/C14H22N4O2/c1-16-6-11(5-15-16)7-17-8-12-9-18(3-4-20-2)14(19)13(12)10-17/h5-6,12-13H,3-4,7-10H2,1-2H3/t12-,13-/m1/s1. The molecule has 0 radical (unpaired) electrons. The minimum atomic E-state index is 0.184. The Kier molecular flexibility index (Phi) is 3.76. The zero-order valence-electron chi connectivity index (χ0n) is 12.2. The van der Waals surface area contributed by atoms with Gasteiger partial charge in [0.2, 0.25) is 5.91 Å². The van der Waals surface area contributed by atoms with Gasteiger partial charge < -0.3 is 9.64 Å². The van der Waals surface area contributed by atoms with Crippen LogP contribution in [0.4, 0.5) is 0 Å². The number of hydrogen-bond acceptors (Lipinski definition) is 4. The quantitative estimate of drug-likeness (QED) is 0.758. The first-order valence-electron chi connectivity index (χ1n) is 7.15. The van der Waals surface area contributed by atoms with Crippen LogP contribution in [0, 0.1) is 11.8 Å². The third-order valence-electron chi connectivity index (χ3n) is 4.33. The molecule has 20 heavy (non-hydrogen) atoms. The van der Waals surface area contributed by atoms with Crippen molar-refractivity contribution in [2.75, 3.05) is 39.9 Å². The minimum absolute atomic E-state index is 0.184. The topological polar surface area (TPSA) is 50.6 Å². The van der Waals surface area contributed by atoms with E-state index in [9.17, 15) is 4.79 Å². The molecule has 0 aliphatic carbocycles. The highest BCUT2D eigenvalue weighted by atomic mass is 16.5.